The average molecular weight is 990 g/mol. The molecule has 4 atom stereocenters. The SMILES string of the molecule is C=C/C=C(\CC([C@H](CCN(C)CCC(C)O)C(C)C)S(=O)(=O)C(F)(F)F)S(=O)Nc1ccc(N2CCN(c3cccc(C/C(C(=O)N4CCC4)=C(/C)N(C)Cc4ccc(Cl)cc4)c3)CC2)cc1. The van der Waals surface area contributed by atoms with Crippen LogP contribution in [0.4, 0.5) is 30.2 Å². The van der Waals surface area contributed by atoms with Crippen molar-refractivity contribution >= 4 is 55.4 Å². The summed E-state index contributed by atoms with van der Waals surface area (Å²) in [6.45, 7) is 16.7. The quantitative estimate of drug-likeness (QED) is 0.0710. The van der Waals surface area contributed by atoms with Crippen molar-refractivity contribution in [3.8, 4) is 0 Å². The Morgan fingerprint density at radius 1 is 0.910 bits per heavy atom. The zero-order valence-electron chi connectivity index (χ0n) is 39.6. The van der Waals surface area contributed by atoms with Crippen LogP contribution in [0.2, 0.25) is 5.02 Å². The van der Waals surface area contributed by atoms with Gasteiger partial charge >= 0.3 is 5.51 Å². The number of alkyl halides is 3. The molecule has 0 saturated carbocycles. The number of nitrogens with zero attached hydrogens (tertiary/aromatic N) is 5. The number of aliphatic hydroxyl groups is 1. The van der Waals surface area contributed by atoms with Crippen molar-refractivity contribution in [3.05, 3.63) is 124 Å². The Hall–Kier alpha value is -4.35. The first-order chi connectivity index (χ1) is 31.7. The smallest absolute Gasteiger partial charge is 0.393 e. The molecule has 2 aliphatic heterocycles. The van der Waals surface area contributed by atoms with E-state index in [0.717, 1.165) is 79.5 Å². The lowest BCUT2D eigenvalue weighted by atomic mass is 9.87. The number of aliphatic hydroxyl groups excluding tert-OH is 1. The lowest BCUT2D eigenvalue weighted by molar-refractivity contribution is -0.130. The molecule has 0 bridgehead atoms. The maximum Gasteiger partial charge on any atom is 0.497 e. The number of rotatable bonds is 23. The van der Waals surface area contributed by atoms with Crippen molar-refractivity contribution < 1.29 is 35.7 Å². The molecule has 11 nitrogen and oxygen atoms in total. The minimum absolute atomic E-state index is 0.0168. The monoisotopic (exact) mass is 988 g/mol. The molecule has 67 heavy (non-hydrogen) atoms. The van der Waals surface area contributed by atoms with Crippen LogP contribution in [0.5, 0.6) is 0 Å². The second-order valence-electron chi connectivity index (χ2n) is 18.2. The standard InChI is InChI=1S/C50H68ClF3N6O5S2/c1-8-11-45(34-48(67(64,65)50(52,53)54)46(36(2)3)23-27-56(6)26-22-37(4)61)66(63)55-42-18-20-43(21-19-42)58-28-30-59(31-29-58)44-13-9-12-40(32-44)33-47(49(62)60-24-10-25-60)38(5)57(7)35-39-14-16-41(51)17-15-39/h8-9,11-21,32,36-37,46,48,55,61H,1,10,22-31,33-35H2,2-7H3/b45-11+,47-38+/t37?,46-,48?,66?/m1/s1. The van der Waals surface area contributed by atoms with Crippen molar-refractivity contribution in [1.29, 1.82) is 0 Å². The van der Waals surface area contributed by atoms with Gasteiger partial charge in [0.15, 0.2) is 0 Å². The van der Waals surface area contributed by atoms with Crippen LogP contribution in [0.1, 0.15) is 64.5 Å². The zero-order valence-corrected chi connectivity index (χ0v) is 42.0. The van der Waals surface area contributed by atoms with Crippen LogP contribution in [0.15, 0.2) is 108 Å². The molecule has 0 aromatic heterocycles. The van der Waals surface area contributed by atoms with Gasteiger partial charge in [-0.15, -0.1) is 0 Å². The van der Waals surface area contributed by atoms with E-state index in [0.29, 0.717) is 43.2 Å². The van der Waals surface area contributed by atoms with Gasteiger partial charge in [0.25, 0.3) is 15.7 Å². The van der Waals surface area contributed by atoms with E-state index in [1.54, 1.807) is 40.0 Å². The largest absolute Gasteiger partial charge is 0.497 e. The number of hydrogen-bond donors (Lipinski definition) is 2. The minimum atomic E-state index is -5.67. The lowest BCUT2D eigenvalue weighted by Gasteiger charge is -2.37. The van der Waals surface area contributed by atoms with E-state index >= 15 is 0 Å². The number of carbonyl (C=O) groups excluding carboxylic acids is 1. The topological polar surface area (TPSA) is 117 Å². The molecule has 1 amide bonds. The van der Waals surface area contributed by atoms with Crippen LogP contribution < -0.4 is 14.5 Å². The Morgan fingerprint density at radius 2 is 1.52 bits per heavy atom. The zero-order chi connectivity index (χ0) is 49.1. The highest BCUT2D eigenvalue weighted by Gasteiger charge is 2.53. The van der Waals surface area contributed by atoms with E-state index in [1.807, 2.05) is 66.2 Å². The summed E-state index contributed by atoms with van der Waals surface area (Å²) in [7, 11) is -3.96. The average Bonchev–Trinajstić information content (AvgIpc) is 3.26. The summed E-state index contributed by atoms with van der Waals surface area (Å²) in [6, 6.07) is 23.4. The summed E-state index contributed by atoms with van der Waals surface area (Å²) in [6.07, 6.45) is 3.61. The number of likely N-dealkylation sites (tertiary alicyclic amines) is 1. The molecule has 2 fully saturated rings. The Labute approximate surface area is 403 Å². The predicted molar refractivity (Wildman–Crippen MR) is 268 cm³/mol. The van der Waals surface area contributed by atoms with Crippen molar-refractivity contribution in [2.24, 2.45) is 11.8 Å². The molecule has 0 radical (unpaired) electrons. The van der Waals surface area contributed by atoms with Gasteiger partial charge in [-0.2, -0.15) is 13.2 Å². The predicted octanol–water partition coefficient (Wildman–Crippen LogP) is 9.05. The summed E-state index contributed by atoms with van der Waals surface area (Å²) in [5.41, 5.74) is 0.851. The first-order valence-electron chi connectivity index (χ1n) is 23.0. The van der Waals surface area contributed by atoms with E-state index in [9.17, 15) is 35.7 Å². The molecule has 5 rings (SSSR count). The number of amides is 1. The van der Waals surface area contributed by atoms with Crippen molar-refractivity contribution in [1.82, 2.24) is 14.7 Å². The molecule has 2 aliphatic rings. The van der Waals surface area contributed by atoms with E-state index in [2.05, 4.69) is 44.2 Å². The molecule has 17 heteroatoms. The number of hydrogen-bond acceptors (Lipinski definition) is 9. The first kappa shape index (κ1) is 53.6. The van der Waals surface area contributed by atoms with Crippen molar-refractivity contribution in [2.75, 3.05) is 81.0 Å². The van der Waals surface area contributed by atoms with Gasteiger partial charge in [-0.25, -0.2) is 12.6 Å². The number of benzene rings is 3. The molecule has 3 aromatic rings. The molecule has 2 heterocycles. The number of sulfone groups is 1. The number of allylic oxidation sites excluding steroid dienone is 4. The van der Waals surface area contributed by atoms with E-state index in [4.69, 9.17) is 11.6 Å². The maximum atomic E-state index is 14.2. The third-order valence-electron chi connectivity index (χ3n) is 12.9. The van der Waals surface area contributed by atoms with Crippen LogP contribution in [0, 0.1) is 11.8 Å². The first-order valence-corrected chi connectivity index (χ1v) is 26.1. The van der Waals surface area contributed by atoms with Gasteiger partial charge in [-0.05, 0) is 124 Å². The Balaban J connectivity index is 1.23. The maximum absolute atomic E-state index is 14.2. The van der Waals surface area contributed by atoms with E-state index in [-0.39, 0.29) is 17.2 Å². The Morgan fingerprint density at radius 3 is 2.07 bits per heavy atom. The van der Waals surface area contributed by atoms with Crippen LogP contribution >= 0.6 is 11.6 Å². The fraction of sp³-hybridized carbons (Fsp3) is 0.500. The molecule has 2 saturated heterocycles. The fourth-order valence-electron chi connectivity index (χ4n) is 8.52. The van der Waals surface area contributed by atoms with Gasteiger partial charge in [-0.3, -0.25) is 4.79 Å². The number of piperazine rings is 1. The summed E-state index contributed by atoms with van der Waals surface area (Å²) in [5, 5.41) is 8.49. The van der Waals surface area contributed by atoms with Gasteiger partial charge < -0.3 is 34.3 Å². The van der Waals surface area contributed by atoms with Crippen LogP contribution in [-0.4, -0.2) is 122 Å². The molecule has 0 spiro atoms. The summed E-state index contributed by atoms with van der Waals surface area (Å²) in [4.78, 5) is 24.3. The van der Waals surface area contributed by atoms with Gasteiger partial charge in [0, 0.05) is 111 Å². The van der Waals surface area contributed by atoms with Crippen molar-refractivity contribution in [3.63, 3.8) is 0 Å². The fourth-order valence-corrected chi connectivity index (χ4v) is 11.4. The highest BCUT2D eigenvalue weighted by atomic mass is 35.5. The highest BCUT2D eigenvalue weighted by molar-refractivity contribution is 7.93. The summed E-state index contributed by atoms with van der Waals surface area (Å²) < 4.78 is 85.8. The molecule has 3 aromatic carbocycles. The second-order valence-corrected chi connectivity index (χ2v) is 22.0. The molecular weight excluding hydrogens is 921 g/mol. The normalized spacial score (nSPS) is 17.1. The Bertz CT molecular complexity index is 2310. The lowest BCUT2D eigenvalue weighted by Crippen LogP contribution is -2.46. The van der Waals surface area contributed by atoms with Gasteiger partial charge in [0.2, 0.25) is 0 Å². The number of carbonyl (C=O) groups is 1. The molecule has 2 N–H and O–H groups in total. The van der Waals surface area contributed by atoms with Crippen LogP contribution in [-0.2, 0) is 38.6 Å². The molecule has 3 unspecified atom stereocenters. The van der Waals surface area contributed by atoms with E-state index in [1.165, 1.54) is 12.2 Å². The van der Waals surface area contributed by atoms with Crippen LogP contribution in [0.25, 0.3) is 0 Å². The third-order valence-corrected chi connectivity index (χ3v) is 16.3. The minimum Gasteiger partial charge on any atom is -0.393 e. The van der Waals surface area contributed by atoms with Crippen molar-refractivity contribution in [2.45, 2.75) is 83.2 Å². The molecule has 368 valence electrons. The summed E-state index contributed by atoms with van der Waals surface area (Å²) >= 11 is 6.12. The van der Waals surface area contributed by atoms with Crippen LogP contribution in [0.3, 0.4) is 0 Å². The van der Waals surface area contributed by atoms with Gasteiger partial charge in [-0.1, -0.05) is 62.4 Å². The summed E-state index contributed by atoms with van der Waals surface area (Å²) in [5.74, 6) is -1.26. The number of anilines is 3. The number of halogens is 4. The van der Waals surface area contributed by atoms with E-state index < -0.39 is 55.9 Å². The molecular formula is C50H68ClF3N6O5S2. The highest BCUT2D eigenvalue weighted by Crippen LogP contribution is 2.38. The van der Waals surface area contributed by atoms with Gasteiger partial charge in [0.05, 0.1) is 11.4 Å². The number of nitrogens with one attached hydrogen (secondary N) is 1. The second kappa shape index (κ2) is 24.3. The third kappa shape index (κ3) is 14.8. The van der Waals surface area contributed by atoms with Gasteiger partial charge in [0.1, 0.15) is 11.0 Å². The Kier molecular flexibility index (Phi) is 19.4. The molecule has 0 aliphatic carbocycles.